The van der Waals surface area contributed by atoms with Crippen LogP contribution in [-0.2, 0) is 20.9 Å². The fourth-order valence-corrected chi connectivity index (χ4v) is 2.10. The topological polar surface area (TPSA) is 92.8 Å². The van der Waals surface area contributed by atoms with Crippen LogP contribution in [0, 0.1) is 11.3 Å². The van der Waals surface area contributed by atoms with Crippen LogP contribution in [0.15, 0.2) is 30.6 Å². The molecule has 0 aromatic carbocycles. The molecule has 0 aliphatic heterocycles. The Labute approximate surface area is 133 Å². The average molecular weight is 315 g/mol. The molecule has 7 heteroatoms. The van der Waals surface area contributed by atoms with Crippen molar-refractivity contribution in [3.05, 3.63) is 41.7 Å². The van der Waals surface area contributed by atoms with E-state index in [4.69, 9.17) is 4.74 Å². The summed E-state index contributed by atoms with van der Waals surface area (Å²) in [6, 6.07) is 7.65. The Morgan fingerprint density at radius 3 is 2.91 bits per heavy atom. The number of amides is 1. The highest BCUT2D eigenvalue weighted by Gasteiger charge is 2.12. The van der Waals surface area contributed by atoms with Gasteiger partial charge in [0.2, 0.25) is 0 Å². The molecule has 0 radical (unpaired) electrons. The molecular weight excluding hydrogens is 298 g/mol. The zero-order valence-corrected chi connectivity index (χ0v) is 12.7. The molecule has 0 atom stereocenters. The van der Waals surface area contributed by atoms with Gasteiger partial charge in [0.25, 0.3) is 0 Å². The van der Waals surface area contributed by atoms with Gasteiger partial charge in [0.15, 0.2) is 0 Å². The summed E-state index contributed by atoms with van der Waals surface area (Å²) in [4.78, 5) is 22.7. The Kier molecular flexibility index (Phi) is 5.58. The van der Waals surface area contributed by atoms with E-state index in [1.54, 1.807) is 13.1 Å². The van der Waals surface area contributed by atoms with E-state index in [-0.39, 0.29) is 26.2 Å². The van der Waals surface area contributed by atoms with Crippen molar-refractivity contribution in [1.82, 2.24) is 9.72 Å². The second kappa shape index (κ2) is 7.84. The van der Waals surface area contributed by atoms with Gasteiger partial charge < -0.3 is 19.2 Å². The predicted molar refractivity (Wildman–Crippen MR) is 81.5 cm³/mol. The number of pyridine rings is 1. The first-order chi connectivity index (χ1) is 11.2. The molecule has 2 heterocycles. The van der Waals surface area contributed by atoms with Gasteiger partial charge in [-0.2, -0.15) is 5.26 Å². The van der Waals surface area contributed by atoms with Crippen molar-refractivity contribution in [2.75, 3.05) is 13.2 Å². The number of ether oxygens (including phenoxy) is 2. The van der Waals surface area contributed by atoms with Crippen LogP contribution in [0.3, 0.4) is 0 Å². The van der Waals surface area contributed by atoms with E-state index in [1.807, 2.05) is 28.8 Å². The molecule has 0 spiro atoms. The Morgan fingerprint density at radius 2 is 2.17 bits per heavy atom. The van der Waals surface area contributed by atoms with Crippen molar-refractivity contribution in [2.45, 2.75) is 20.0 Å². The van der Waals surface area contributed by atoms with Crippen LogP contribution in [-0.4, -0.2) is 29.6 Å². The molecular formula is C16H17N3O4. The lowest BCUT2D eigenvalue weighted by molar-refractivity contribution is -0.144. The lowest BCUT2D eigenvalue weighted by Gasteiger charge is -2.05. The predicted octanol–water partition coefficient (Wildman–Crippen LogP) is 1.99. The molecule has 120 valence electrons. The number of rotatable bonds is 6. The number of fused-ring (bicyclic) bond motifs is 1. The molecule has 0 saturated heterocycles. The lowest BCUT2D eigenvalue weighted by Crippen LogP contribution is -2.27. The Hall–Kier alpha value is -3.01. The van der Waals surface area contributed by atoms with Crippen molar-refractivity contribution in [3.63, 3.8) is 0 Å². The summed E-state index contributed by atoms with van der Waals surface area (Å²) in [6.45, 7) is 2.13. The highest BCUT2D eigenvalue weighted by molar-refractivity contribution is 5.72. The molecule has 1 amide bonds. The van der Waals surface area contributed by atoms with Gasteiger partial charge in [0.1, 0.15) is 12.7 Å². The van der Waals surface area contributed by atoms with E-state index in [0.29, 0.717) is 11.1 Å². The van der Waals surface area contributed by atoms with E-state index in [1.165, 1.54) is 0 Å². The third kappa shape index (κ3) is 4.23. The number of carbonyl (C=O) groups is 2. The lowest BCUT2D eigenvalue weighted by atomic mass is 10.2. The van der Waals surface area contributed by atoms with Gasteiger partial charge in [0, 0.05) is 24.5 Å². The maximum Gasteiger partial charge on any atom is 0.407 e. The summed E-state index contributed by atoms with van der Waals surface area (Å²) in [5.74, 6) is -0.457. The van der Waals surface area contributed by atoms with Gasteiger partial charge in [-0.3, -0.25) is 4.79 Å². The van der Waals surface area contributed by atoms with E-state index >= 15 is 0 Å². The van der Waals surface area contributed by atoms with Gasteiger partial charge in [-0.15, -0.1) is 0 Å². The Balaban J connectivity index is 1.87. The fraction of sp³-hybridized carbons (Fsp3) is 0.312. The first-order valence-corrected chi connectivity index (χ1v) is 7.20. The van der Waals surface area contributed by atoms with Crippen molar-refractivity contribution in [3.8, 4) is 6.07 Å². The van der Waals surface area contributed by atoms with Crippen LogP contribution in [0.2, 0.25) is 0 Å². The first-order valence-electron chi connectivity index (χ1n) is 7.20. The zero-order chi connectivity index (χ0) is 16.7. The summed E-state index contributed by atoms with van der Waals surface area (Å²) in [7, 11) is 0. The number of alkyl carbamates (subject to hydrolysis) is 1. The molecule has 7 nitrogen and oxygen atoms in total. The second-order valence-electron chi connectivity index (χ2n) is 4.69. The number of esters is 1. The molecule has 2 aromatic heterocycles. The normalized spacial score (nSPS) is 10.1. The molecule has 0 aliphatic rings. The summed E-state index contributed by atoms with van der Waals surface area (Å²) in [6.07, 6.45) is 3.06. The smallest absolute Gasteiger partial charge is 0.407 e. The zero-order valence-electron chi connectivity index (χ0n) is 12.7. The molecule has 0 saturated carbocycles. The number of carbonyl (C=O) groups excluding carboxylic acids is 2. The molecule has 2 rings (SSSR count). The minimum atomic E-state index is -0.564. The van der Waals surface area contributed by atoms with Gasteiger partial charge in [-0.25, -0.2) is 4.79 Å². The monoisotopic (exact) mass is 315 g/mol. The maximum absolute atomic E-state index is 11.7. The SMILES string of the molecule is CCOC(=O)NCCC(=O)OCc1cn2ccccc2c1C#N. The number of nitriles is 1. The van der Waals surface area contributed by atoms with Gasteiger partial charge in [-0.1, -0.05) is 6.07 Å². The summed E-state index contributed by atoms with van der Waals surface area (Å²) >= 11 is 0. The molecule has 0 aliphatic carbocycles. The number of aromatic nitrogens is 1. The quantitative estimate of drug-likeness (QED) is 0.823. The number of hydrogen-bond donors (Lipinski definition) is 1. The largest absolute Gasteiger partial charge is 0.461 e. The minimum absolute atomic E-state index is 0.0167. The standard InChI is InChI=1S/C16H17N3O4/c1-2-22-16(21)18-7-6-15(20)23-11-12-10-19-8-4-3-5-14(19)13(12)9-17/h3-5,8,10H,2,6-7,11H2,1H3,(H,18,21). The van der Waals surface area contributed by atoms with Crippen molar-refractivity contribution in [1.29, 1.82) is 5.26 Å². The third-order valence-electron chi connectivity index (χ3n) is 3.14. The van der Waals surface area contributed by atoms with E-state index in [0.717, 1.165) is 5.52 Å². The molecule has 0 fully saturated rings. The van der Waals surface area contributed by atoms with Crippen molar-refractivity contribution >= 4 is 17.6 Å². The molecule has 0 bridgehead atoms. The highest BCUT2D eigenvalue weighted by atomic mass is 16.5. The average Bonchev–Trinajstić information content (AvgIpc) is 2.90. The van der Waals surface area contributed by atoms with Gasteiger partial charge in [0.05, 0.1) is 24.1 Å². The second-order valence-corrected chi connectivity index (χ2v) is 4.69. The maximum atomic E-state index is 11.7. The summed E-state index contributed by atoms with van der Waals surface area (Å²) in [5, 5.41) is 11.7. The van der Waals surface area contributed by atoms with E-state index < -0.39 is 12.1 Å². The van der Waals surface area contributed by atoms with E-state index in [2.05, 4.69) is 16.1 Å². The first kappa shape index (κ1) is 16.4. The fourth-order valence-electron chi connectivity index (χ4n) is 2.10. The number of nitrogens with zero attached hydrogens (tertiary/aromatic N) is 2. The minimum Gasteiger partial charge on any atom is -0.461 e. The summed E-state index contributed by atoms with van der Waals surface area (Å²) < 4.78 is 11.6. The molecule has 0 unspecified atom stereocenters. The summed E-state index contributed by atoms with van der Waals surface area (Å²) in [5.41, 5.74) is 1.90. The van der Waals surface area contributed by atoms with Gasteiger partial charge >= 0.3 is 12.1 Å². The van der Waals surface area contributed by atoms with E-state index in [9.17, 15) is 14.9 Å². The van der Waals surface area contributed by atoms with Crippen LogP contribution < -0.4 is 5.32 Å². The van der Waals surface area contributed by atoms with Crippen LogP contribution >= 0.6 is 0 Å². The van der Waals surface area contributed by atoms with Crippen LogP contribution in [0.1, 0.15) is 24.5 Å². The molecule has 2 aromatic rings. The van der Waals surface area contributed by atoms with Crippen molar-refractivity contribution in [2.24, 2.45) is 0 Å². The number of hydrogen-bond acceptors (Lipinski definition) is 5. The Bertz CT molecular complexity index is 745. The third-order valence-corrected chi connectivity index (χ3v) is 3.14. The molecule has 1 N–H and O–H groups in total. The molecule has 23 heavy (non-hydrogen) atoms. The van der Waals surface area contributed by atoms with Crippen LogP contribution in [0.25, 0.3) is 5.52 Å². The number of nitrogens with one attached hydrogen (secondary N) is 1. The van der Waals surface area contributed by atoms with Crippen molar-refractivity contribution < 1.29 is 19.1 Å². The Morgan fingerprint density at radius 1 is 1.35 bits per heavy atom. The highest BCUT2D eigenvalue weighted by Crippen LogP contribution is 2.18. The van der Waals surface area contributed by atoms with Crippen LogP contribution in [0.5, 0.6) is 0 Å². The van der Waals surface area contributed by atoms with Crippen LogP contribution in [0.4, 0.5) is 4.79 Å². The van der Waals surface area contributed by atoms with Gasteiger partial charge in [-0.05, 0) is 19.1 Å².